The number of phenolic OH excluding ortho intramolecular Hbond substituents is 1. The Labute approximate surface area is 88.2 Å². The summed E-state index contributed by atoms with van der Waals surface area (Å²) in [6.45, 7) is 0. The third-order valence-electron chi connectivity index (χ3n) is 1.71. The number of carbonyl (C=O) groups excluding carboxylic acids is 1. The van der Waals surface area contributed by atoms with E-state index in [9.17, 15) is 19.3 Å². The van der Waals surface area contributed by atoms with E-state index < -0.39 is 33.8 Å². The fraction of sp³-hybridized carbons (Fsp3) is 0.125. The molecule has 1 N–H and O–H groups in total. The van der Waals surface area contributed by atoms with Gasteiger partial charge >= 0.3 is 5.69 Å². The average molecular weight is 234 g/mol. The predicted molar refractivity (Wildman–Crippen MR) is 49.8 cm³/mol. The molecule has 0 aliphatic carbocycles. The Morgan fingerprint density at radius 1 is 1.60 bits per heavy atom. The first-order valence-corrected chi connectivity index (χ1v) is 4.27. The van der Waals surface area contributed by atoms with Crippen LogP contribution in [0.5, 0.6) is 5.75 Å². The highest BCUT2D eigenvalue weighted by atomic mass is 35.5. The molecule has 1 aromatic rings. The Kier molecular flexibility index (Phi) is 3.21. The van der Waals surface area contributed by atoms with Gasteiger partial charge in [0, 0.05) is 6.07 Å². The summed E-state index contributed by atoms with van der Waals surface area (Å²) >= 11 is 5.20. The van der Waals surface area contributed by atoms with E-state index in [-0.39, 0.29) is 5.56 Å². The molecule has 0 aromatic heterocycles. The van der Waals surface area contributed by atoms with Gasteiger partial charge in [0.1, 0.15) is 0 Å². The lowest BCUT2D eigenvalue weighted by atomic mass is 10.1. The lowest BCUT2D eigenvalue weighted by Gasteiger charge is -2.02. The van der Waals surface area contributed by atoms with Gasteiger partial charge < -0.3 is 5.11 Å². The standard InChI is InChI=1S/C8H5ClFNO4/c9-3-6(12)4-1-2-5(11(14)15)7(10)8(4)13/h1-2,13H,3H2. The maximum atomic E-state index is 13.1. The van der Waals surface area contributed by atoms with E-state index in [0.29, 0.717) is 0 Å². The molecule has 0 saturated heterocycles. The van der Waals surface area contributed by atoms with E-state index in [1.165, 1.54) is 0 Å². The van der Waals surface area contributed by atoms with Gasteiger partial charge in [0.25, 0.3) is 0 Å². The number of nitro benzene ring substituents is 1. The van der Waals surface area contributed by atoms with E-state index in [4.69, 9.17) is 16.7 Å². The molecule has 0 atom stereocenters. The molecule has 15 heavy (non-hydrogen) atoms. The molecule has 1 rings (SSSR count). The molecule has 0 aliphatic heterocycles. The van der Waals surface area contributed by atoms with E-state index in [2.05, 4.69) is 0 Å². The van der Waals surface area contributed by atoms with Crippen molar-refractivity contribution in [2.24, 2.45) is 0 Å². The van der Waals surface area contributed by atoms with Crippen LogP contribution < -0.4 is 0 Å². The van der Waals surface area contributed by atoms with Gasteiger partial charge in [0.15, 0.2) is 11.5 Å². The number of aromatic hydroxyl groups is 1. The third-order valence-corrected chi connectivity index (χ3v) is 1.96. The number of carbonyl (C=O) groups is 1. The second-order valence-electron chi connectivity index (χ2n) is 2.61. The van der Waals surface area contributed by atoms with Crippen molar-refractivity contribution >= 4 is 23.1 Å². The minimum Gasteiger partial charge on any atom is -0.504 e. The number of hydrogen-bond acceptors (Lipinski definition) is 4. The Bertz CT molecular complexity index is 435. The number of Topliss-reactive ketones (excluding diaryl/α,β-unsaturated/α-hetero) is 1. The molecule has 1 aromatic carbocycles. The molecule has 0 spiro atoms. The third kappa shape index (κ3) is 2.04. The Morgan fingerprint density at radius 2 is 2.20 bits per heavy atom. The van der Waals surface area contributed by atoms with E-state index >= 15 is 0 Å². The van der Waals surface area contributed by atoms with Crippen LogP contribution in [0, 0.1) is 15.9 Å². The summed E-state index contributed by atoms with van der Waals surface area (Å²) in [5, 5.41) is 19.4. The number of halogens is 2. The fourth-order valence-electron chi connectivity index (χ4n) is 0.992. The van der Waals surface area contributed by atoms with Crippen molar-refractivity contribution in [1.82, 2.24) is 0 Å². The first kappa shape index (κ1) is 11.4. The Balaban J connectivity index is 3.33. The van der Waals surface area contributed by atoms with Gasteiger partial charge in [0.05, 0.1) is 16.4 Å². The molecule has 7 heteroatoms. The number of benzene rings is 1. The van der Waals surface area contributed by atoms with Gasteiger partial charge in [-0.1, -0.05) is 0 Å². The van der Waals surface area contributed by atoms with Crippen molar-refractivity contribution in [3.8, 4) is 5.75 Å². The number of nitrogens with zero attached hydrogens (tertiary/aromatic N) is 1. The number of rotatable bonds is 3. The number of nitro groups is 1. The summed E-state index contributed by atoms with van der Waals surface area (Å²) in [5.74, 6) is -3.63. The number of alkyl halides is 1. The largest absolute Gasteiger partial charge is 0.504 e. The molecule has 0 bridgehead atoms. The minimum atomic E-state index is -1.43. The smallest absolute Gasteiger partial charge is 0.308 e. The summed E-state index contributed by atoms with van der Waals surface area (Å²) in [6, 6.07) is 1.76. The van der Waals surface area contributed by atoms with E-state index in [0.717, 1.165) is 12.1 Å². The quantitative estimate of drug-likeness (QED) is 0.374. The van der Waals surface area contributed by atoms with Gasteiger partial charge in [-0.2, -0.15) is 4.39 Å². The van der Waals surface area contributed by atoms with Gasteiger partial charge in [0.2, 0.25) is 5.82 Å². The predicted octanol–water partition coefficient (Wildman–Crippen LogP) is 1.86. The fourth-order valence-corrected chi connectivity index (χ4v) is 1.14. The zero-order valence-electron chi connectivity index (χ0n) is 7.24. The topological polar surface area (TPSA) is 80.4 Å². The second-order valence-corrected chi connectivity index (χ2v) is 2.88. The minimum absolute atomic E-state index is 0.367. The highest BCUT2D eigenvalue weighted by molar-refractivity contribution is 6.30. The monoisotopic (exact) mass is 233 g/mol. The van der Waals surface area contributed by atoms with Crippen molar-refractivity contribution in [3.05, 3.63) is 33.6 Å². The molecule has 0 unspecified atom stereocenters. The average Bonchev–Trinajstić information content (AvgIpc) is 2.20. The summed E-state index contributed by atoms with van der Waals surface area (Å²) in [4.78, 5) is 20.3. The molecule has 0 amide bonds. The van der Waals surface area contributed by atoms with Crippen LogP contribution in [0.2, 0.25) is 0 Å². The summed E-state index contributed by atoms with van der Waals surface area (Å²) in [7, 11) is 0. The highest BCUT2D eigenvalue weighted by Crippen LogP contribution is 2.29. The first-order valence-electron chi connectivity index (χ1n) is 3.74. The molecule has 0 aliphatic rings. The van der Waals surface area contributed by atoms with Gasteiger partial charge in [-0.25, -0.2) is 0 Å². The molecular weight excluding hydrogens is 229 g/mol. The van der Waals surface area contributed by atoms with Crippen LogP contribution in [0.15, 0.2) is 12.1 Å². The van der Waals surface area contributed by atoms with Crippen LogP contribution in [-0.2, 0) is 0 Å². The number of ketones is 1. The zero-order valence-corrected chi connectivity index (χ0v) is 7.99. The Morgan fingerprint density at radius 3 is 2.67 bits per heavy atom. The summed E-state index contributed by atoms with van der Waals surface area (Å²) in [5.41, 5.74) is -1.26. The number of hydrogen-bond donors (Lipinski definition) is 1. The van der Waals surface area contributed by atoms with Gasteiger partial charge in [-0.15, -0.1) is 11.6 Å². The van der Waals surface area contributed by atoms with Crippen molar-refractivity contribution in [3.63, 3.8) is 0 Å². The Hall–Kier alpha value is -1.69. The summed E-state index contributed by atoms with van der Waals surface area (Å²) in [6.07, 6.45) is 0. The molecule has 5 nitrogen and oxygen atoms in total. The van der Waals surface area contributed by atoms with Gasteiger partial charge in [-0.3, -0.25) is 14.9 Å². The lowest BCUT2D eigenvalue weighted by Crippen LogP contribution is -2.03. The first-order chi connectivity index (χ1) is 6.99. The summed E-state index contributed by atoms with van der Waals surface area (Å²) < 4.78 is 13.1. The number of phenols is 1. The van der Waals surface area contributed by atoms with Crippen LogP contribution in [0.25, 0.3) is 0 Å². The molecule has 0 heterocycles. The lowest BCUT2D eigenvalue weighted by molar-refractivity contribution is -0.387. The van der Waals surface area contributed by atoms with Crippen molar-refractivity contribution < 1.29 is 19.2 Å². The van der Waals surface area contributed by atoms with Gasteiger partial charge in [-0.05, 0) is 6.07 Å². The van der Waals surface area contributed by atoms with Crippen LogP contribution in [-0.4, -0.2) is 21.7 Å². The SMILES string of the molecule is O=C(CCl)c1ccc([N+](=O)[O-])c(F)c1O. The normalized spacial score (nSPS) is 10.0. The van der Waals surface area contributed by atoms with Crippen molar-refractivity contribution in [1.29, 1.82) is 0 Å². The molecule has 80 valence electrons. The van der Waals surface area contributed by atoms with Crippen LogP contribution >= 0.6 is 11.6 Å². The molecule has 0 saturated carbocycles. The molecule has 0 radical (unpaired) electrons. The highest BCUT2D eigenvalue weighted by Gasteiger charge is 2.23. The van der Waals surface area contributed by atoms with Crippen molar-refractivity contribution in [2.75, 3.05) is 5.88 Å². The van der Waals surface area contributed by atoms with E-state index in [1.807, 2.05) is 0 Å². The van der Waals surface area contributed by atoms with Crippen LogP contribution in [0.4, 0.5) is 10.1 Å². The zero-order chi connectivity index (χ0) is 11.6. The van der Waals surface area contributed by atoms with E-state index in [1.54, 1.807) is 0 Å². The maximum Gasteiger partial charge on any atom is 0.308 e. The molecular formula is C8H5ClFNO4. The second kappa shape index (κ2) is 4.22. The van der Waals surface area contributed by atoms with Crippen LogP contribution in [0.1, 0.15) is 10.4 Å². The molecule has 0 fully saturated rings. The maximum absolute atomic E-state index is 13.1. The van der Waals surface area contributed by atoms with Crippen molar-refractivity contribution in [2.45, 2.75) is 0 Å². The van der Waals surface area contributed by atoms with Crippen LogP contribution in [0.3, 0.4) is 0 Å².